The second kappa shape index (κ2) is 13.7. The average Bonchev–Trinajstić information content (AvgIpc) is 2.93. The maximum atomic E-state index is 14.0. The summed E-state index contributed by atoms with van der Waals surface area (Å²) < 4.78 is 34.5. The number of amides is 2. The molecule has 0 aliphatic rings. The Labute approximate surface area is 241 Å². The third kappa shape index (κ3) is 7.34. The molecule has 40 heavy (non-hydrogen) atoms. The number of nitrogens with one attached hydrogen (secondary N) is 1. The van der Waals surface area contributed by atoms with Gasteiger partial charge in [0.15, 0.2) is 0 Å². The molecule has 0 saturated heterocycles. The molecule has 1 N–H and O–H groups in total. The zero-order valence-electron chi connectivity index (χ0n) is 23.5. The van der Waals surface area contributed by atoms with E-state index in [0.717, 1.165) is 27.4 Å². The molecule has 0 spiro atoms. The summed E-state index contributed by atoms with van der Waals surface area (Å²) in [6, 6.07) is 17.6. The normalized spacial score (nSPS) is 11.9. The number of hydrogen-bond acceptors (Lipinski definition) is 5. The van der Waals surface area contributed by atoms with Crippen LogP contribution < -0.4 is 14.4 Å². The Kier molecular flexibility index (Phi) is 10.6. The van der Waals surface area contributed by atoms with Gasteiger partial charge >= 0.3 is 0 Å². The molecule has 2 amide bonds. The molecular formula is C30H36ClN3O5S. The van der Waals surface area contributed by atoms with Gasteiger partial charge in [-0.2, -0.15) is 0 Å². The second-order valence-electron chi connectivity index (χ2n) is 9.56. The summed E-state index contributed by atoms with van der Waals surface area (Å²) in [5.41, 5.74) is 2.79. The number of nitrogens with zero attached hydrogens (tertiary/aromatic N) is 2. The number of anilines is 1. The number of sulfonamides is 1. The van der Waals surface area contributed by atoms with Gasteiger partial charge in [0.25, 0.3) is 10.0 Å². The van der Waals surface area contributed by atoms with Crippen LogP contribution in [0.3, 0.4) is 0 Å². The Morgan fingerprint density at radius 2 is 1.70 bits per heavy atom. The van der Waals surface area contributed by atoms with Crippen molar-refractivity contribution in [3.8, 4) is 5.75 Å². The second-order valence-corrected chi connectivity index (χ2v) is 11.9. The number of methoxy groups -OCH3 is 1. The quantitative estimate of drug-likeness (QED) is 0.319. The smallest absolute Gasteiger partial charge is 0.264 e. The van der Waals surface area contributed by atoms with Crippen molar-refractivity contribution >= 4 is 39.1 Å². The summed E-state index contributed by atoms with van der Waals surface area (Å²) in [5.74, 6) is -0.649. The van der Waals surface area contributed by atoms with Gasteiger partial charge in [0.2, 0.25) is 11.8 Å². The van der Waals surface area contributed by atoms with E-state index in [1.807, 2.05) is 45.0 Å². The predicted octanol–water partition coefficient (Wildman–Crippen LogP) is 5.10. The number of carbonyl (C=O) groups excluding carboxylic acids is 2. The lowest BCUT2D eigenvalue weighted by Crippen LogP contribution is -2.51. The van der Waals surface area contributed by atoms with Crippen LogP contribution in [0.2, 0.25) is 5.02 Å². The van der Waals surface area contributed by atoms with Crippen LogP contribution in [-0.2, 0) is 26.2 Å². The van der Waals surface area contributed by atoms with Gasteiger partial charge in [-0.05, 0) is 68.7 Å². The van der Waals surface area contributed by atoms with E-state index in [1.165, 1.54) is 30.2 Å². The molecule has 0 aliphatic heterocycles. The number of ether oxygens (including phenoxy) is 1. The largest absolute Gasteiger partial charge is 0.495 e. The predicted molar refractivity (Wildman–Crippen MR) is 158 cm³/mol. The number of halogens is 1. The lowest BCUT2D eigenvalue weighted by Gasteiger charge is -2.32. The lowest BCUT2D eigenvalue weighted by atomic mass is 10.1. The number of rotatable bonds is 12. The molecule has 0 saturated carbocycles. The Balaban J connectivity index is 2.10. The molecule has 0 aliphatic carbocycles. The van der Waals surface area contributed by atoms with Crippen LogP contribution in [0, 0.1) is 13.8 Å². The van der Waals surface area contributed by atoms with Crippen molar-refractivity contribution in [3.63, 3.8) is 0 Å². The Morgan fingerprint density at radius 3 is 2.33 bits per heavy atom. The zero-order valence-corrected chi connectivity index (χ0v) is 25.1. The first-order chi connectivity index (χ1) is 19.0. The van der Waals surface area contributed by atoms with E-state index in [9.17, 15) is 18.0 Å². The molecule has 0 fully saturated rings. The van der Waals surface area contributed by atoms with Gasteiger partial charge in [-0.25, -0.2) is 8.42 Å². The summed E-state index contributed by atoms with van der Waals surface area (Å²) >= 11 is 6.27. The van der Waals surface area contributed by atoms with Crippen LogP contribution in [-0.4, -0.2) is 51.4 Å². The molecule has 1 atom stereocenters. The highest BCUT2D eigenvalue weighted by atomic mass is 35.5. The van der Waals surface area contributed by atoms with Crippen LogP contribution in [0.15, 0.2) is 71.6 Å². The highest BCUT2D eigenvalue weighted by Gasteiger charge is 2.34. The first kappa shape index (κ1) is 31.0. The molecule has 0 bridgehead atoms. The van der Waals surface area contributed by atoms with Crippen molar-refractivity contribution in [2.75, 3.05) is 24.5 Å². The summed E-state index contributed by atoms with van der Waals surface area (Å²) in [7, 11) is -2.83. The van der Waals surface area contributed by atoms with Gasteiger partial charge < -0.3 is 15.0 Å². The lowest BCUT2D eigenvalue weighted by molar-refractivity contribution is -0.139. The highest BCUT2D eigenvalue weighted by Crippen LogP contribution is 2.35. The Hall–Kier alpha value is -3.56. The van der Waals surface area contributed by atoms with Crippen molar-refractivity contribution in [2.24, 2.45) is 0 Å². The van der Waals surface area contributed by atoms with E-state index in [4.69, 9.17) is 16.3 Å². The maximum Gasteiger partial charge on any atom is 0.264 e. The molecule has 8 nitrogen and oxygen atoms in total. The minimum Gasteiger partial charge on any atom is -0.495 e. The molecule has 0 heterocycles. The van der Waals surface area contributed by atoms with E-state index < -0.39 is 28.5 Å². The Morgan fingerprint density at radius 1 is 1.02 bits per heavy atom. The van der Waals surface area contributed by atoms with E-state index in [0.29, 0.717) is 6.54 Å². The summed E-state index contributed by atoms with van der Waals surface area (Å²) in [6.07, 6.45) is 0.737. The third-order valence-electron chi connectivity index (χ3n) is 6.62. The first-order valence-corrected chi connectivity index (χ1v) is 14.9. The zero-order chi connectivity index (χ0) is 29.4. The van der Waals surface area contributed by atoms with Gasteiger partial charge in [-0.15, -0.1) is 0 Å². The molecule has 10 heteroatoms. The molecule has 3 aromatic rings. The fraction of sp³-hybridized carbons (Fsp3) is 0.333. The van der Waals surface area contributed by atoms with Crippen LogP contribution in [0.4, 0.5) is 5.69 Å². The number of benzene rings is 3. The molecule has 0 unspecified atom stereocenters. The van der Waals surface area contributed by atoms with Gasteiger partial charge in [0.1, 0.15) is 18.3 Å². The standard InChI is InChI=1S/C30H36ClN3O5S/c1-6-17-32-30(36)23(4)33(19-24-10-8-7-9-22(24)3)29(35)20-34(27-18-25(31)13-16-28(27)39-5)40(37,38)26-14-11-21(2)12-15-26/h7-16,18,23H,6,17,19-20H2,1-5H3,(H,32,36)/t23-/m0/s1. The van der Waals surface area contributed by atoms with Crippen LogP contribution in [0.25, 0.3) is 0 Å². The number of hydrogen-bond donors (Lipinski definition) is 1. The molecule has 3 aromatic carbocycles. The van der Waals surface area contributed by atoms with E-state index in [1.54, 1.807) is 31.2 Å². The van der Waals surface area contributed by atoms with Crippen LogP contribution in [0.1, 0.15) is 37.0 Å². The van der Waals surface area contributed by atoms with Gasteiger partial charge in [0.05, 0.1) is 17.7 Å². The summed E-state index contributed by atoms with van der Waals surface area (Å²) in [6.45, 7) is 7.36. The SMILES string of the molecule is CCCNC(=O)[C@H](C)N(Cc1ccccc1C)C(=O)CN(c1cc(Cl)ccc1OC)S(=O)(=O)c1ccc(C)cc1. The third-order valence-corrected chi connectivity index (χ3v) is 8.62. The molecule has 0 aromatic heterocycles. The van der Waals surface area contributed by atoms with Gasteiger partial charge in [-0.1, -0.05) is 60.5 Å². The van der Waals surface area contributed by atoms with Gasteiger partial charge in [0, 0.05) is 18.1 Å². The average molecular weight is 586 g/mol. The fourth-order valence-electron chi connectivity index (χ4n) is 4.16. The van der Waals surface area contributed by atoms with Gasteiger partial charge in [-0.3, -0.25) is 13.9 Å². The maximum absolute atomic E-state index is 14.0. The van der Waals surface area contributed by atoms with E-state index >= 15 is 0 Å². The molecular weight excluding hydrogens is 550 g/mol. The van der Waals surface area contributed by atoms with Crippen molar-refractivity contribution in [3.05, 3.63) is 88.4 Å². The topological polar surface area (TPSA) is 96.0 Å². The molecule has 214 valence electrons. The molecule has 3 rings (SSSR count). The number of carbonyl (C=O) groups is 2. The van der Waals surface area contributed by atoms with Crippen molar-refractivity contribution in [1.29, 1.82) is 0 Å². The highest BCUT2D eigenvalue weighted by molar-refractivity contribution is 7.92. The fourth-order valence-corrected chi connectivity index (χ4v) is 5.74. The summed E-state index contributed by atoms with van der Waals surface area (Å²) in [5, 5.41) is 3.11. The van der Waals surface area contributed by atoms with E-state index in [-0.39, 0.29) is 33.8 Å². The monoisotopic (exact) mass is 585 g/mol. The minimum absolute atomic E-state index is 0.00659. The number of aryl methyl sites for hydroxylation is 2. The van der Waals surface area contributed by atoms with E-state index in [2.05, 4.69) is 5.32 Å². The summed E-state index contributed by atoms with van der Waals surface area (Å²) in [4.78, 5) is 28.5. The Bertz CT molecular complexity index is 1440. The molecule has 0 radical (unpaired) electrons. The van der Waals surface area contributed by atoms with Crippen molar-refractivity contribution in [2.45, 2.75) is 51.6 Å². The van der Waals surface area contributed by atoms with Crippen LogP contribution >= 0.6 is 11.6 Å². The van der Waals surface area contributed by atoms with Crippen LogP contribution in [0.5, 0.6) is 5.75 Å². The van der Waals surface area contributed by atoms with Crippen molar-refractivity contribution < 1.29 is 22.7 Å². The van der Waals surface area contributed by atoms with Crippen molar-refractivity contribution in [1.82, 2.24) is 10.2 Å². The first-order valence-electron chi connectivity index (χ1n) is 13.0. The minimum atomic E-state index is -4.24.